The van der Waals surface area contributed by atoms with Gasteiger partial charge in [-0.25, -0.2) is 0 Å². The molecule has 2 aromatic rings. The zero-order valence-corrected chi connectivity index (χ0v) is 16.6. The average molecular weight is 353 g/mol. The van der Waals surface area contributed by atoms with E-state index < -0.39 is 0 Å². The molecule has 136 valence electrons. The van der Waals surface area contributed by atoms with Gasteiger partial charge in [-0.1, -0.05) is 105 Å². The summed E-state index contributed by atoms with van der Waals surface area (Å²) in [6.07, 6.45) is 16.2. The van der Waals surface area contributed by atoms with E-state index in [0.29, 0.717) is 0 Å². The molecule has 2 aromatic carbocycles. The molecule has 0 aromatic heterocycles. The first-order chi connectivity index (χ1) is 13.2. The second kappa shape index (κ2) is 8.22. The van der Waals surface area contributed by atoms with Crippen molar-refractivity contribution in [3.8, 4) is 11.1 Å². The molecule has 0 saturated carbocycles. The Morgan fingerprint density at radius 1 is 0.926 bits per heavy atom. The fourth-order valence-electron chi connectivity index (χ4n) is 4.25. The second-order valence-electron chi connectivity index (χ2n) is 6.75. The number of fused-ring (bicyclic) bond motifs is 3. The fourth-order valence-corrected chi connectivity index (χ4v) is 4.25. The summed E-state index contributed by atoms with van der Waals surface area (Å²) in [5.41, 5.74) is 7.43. The summed E-state index contributed by atoms with van der Waals surface area (Å²) < 4.78 is 0. The van der Waals surface area contributed by atoms with Gasteiger partial charge in [-0.3, -0.25) is 0 Å². The predicted molar refractivity (Wildman–Crippen MR) is 119 cm³/mol. The van der Waals surface area contributed by atoms with Gasteiger partial charge in [0.25, 0.3) is 0 Å². The summed E-state index contributed by atoms with van der Waals surface area (Å²) in [6, 6.07) is 17.6. The molecule has 0 heterocycles. The van der Waals surface area contributed by atoms with Crippen LogP contribution in [-0.4, -0.2) is 0 Å². The summed E-state index contributed by atoms with van der Waals surface area (Å²) in [7, 11) is 0. The summed E-state index contributed by atoms with van der Waals surface area (Å²) in [4.78, 5) is 0. The third kappa shape index (κ3) is 2.96. The van der Waals surface area contributed by atoms with Gasteiger partial charge < -0.3 is 0 Å². The van der Waals surface area contributed by atoms with Crippen LogP contribution in [0, 0.1) is 0 Å². The zero-order valence-electron chi connectivity index (χ0n) is 16.6. The number of hydrogen-bond acceptors (Lipinski definition) is 0. The third-order valence-corrected chi connectivity index (χ3v) is 5.35. The molecule has 0 radical (unpaired) electrons. The minimum atomic E-state index is -0.338. The van der Waals surface area contributed by atoms with Gasteiger partial charge in [0.2, 0.25) is 0 Å². The highest BCUT2D eigenvalue weighted by Crippen LogP contribution is 2.56. The van der Waals surface area contributed by atoms with Crippen molar-refractivity contribution in [3.63, 3.8) is 0 Å². The Labute approximate surface area is 164 Å². The molecule has 0 aliphatic heterocycles. The number of hydrogen-bond donors (Lipinski definition) is 0. The van der Waals surface area contributed by atoms with Crippen LogP contribution in [0.15, 0.2) is 109 Å². The number of rotatable bonds is 6. The van der Waals surface area contributed by atoms with Crippen molar-refractivity contribution in [2.24, 2.45) is 0 Å². The summed E-state index contributed by atoms with van der Waals surface area (Å²) in [5.74, 6) is 0. The summed E-state index contributed by atoms with van der Waals surface area (Å²) >= 11 is 0. The first kappa shape index (κ1) is 18.9. The standard InChI is InChI=1S/C27H28/c1-5-9-15-21(7-3)27(22(8-4)16-10-6-2)25-19-13-11-17-23(25)24-18-12-14-20-26(24)27/h5,7-20H,3,6H2,1-2,4H3/b9-5-,16-10-,21-15+,22-8+. The Hall–Kier alpha value is -2.86. The van der Waals surface area contributed by atoms with Gasteiger partial charge in [0, 0.05) is 0 Å². The molecule has 0 nitrogen and oxygen atoms in total. The quantitative estimate of drug-likeness (QED) is 0.471. The SMILES string of the molecule is C=C/C(=C\C=C/C)C1(C(/C=C\CC)=C/C)c2ccccc2-c2ccccc21. The van der Waals surface area contributed by atoms with Crippen molar-refractivity contribution in [1.82, 2.24) is 0 Å². The molecule has 0 unspecified atom stereocenters. The van der Waals surface area contributed by atoms with Gasteiger partial charge in [-0.2, -0.15) is 0 Å². The largest absolute Gasteiger partial charge is 0.0987 e. The molecule has 0 N–H and O–H groups in total. The van der Waals surface area contributed by atoms with Crippen molar-refractivity contribution in [3.05, 3.63) is 120 Å². The molecule has 0 saturated heterocycles. The molecule has 3 rings (SSSR count). The van der Waals surface area contributed by atoms with Crippen molar-refractivity contribution < 1.29 is 0 Å². The van der Waals surface area contributed by atoms with Crippen LogP contribution in [-0.2, 0) is 5.41 Å². The smallest absolute Gasteiger partial charge is 0.0710 e. The van der Waals surface area contributed by atoms with Crippen LogP contribution in [0.4, 0.5) is 0 Å². The van der Waals surface area contributed by atoms with Crippen LogP contribution in [0.3, 0.4) is 0 Å². The van der Waals surface area contributed by atoms with Crippen molar-refractivity contribution >= 4 is 0 Å². The average Bonchev–Trinajstić information content (AvgIpc) is 3.01. The second-order valence-corrected chi connectivity index (χ2v) is 6.75. The Morgan fingerprint density at radius 3 is 2.00 bits per heavy atom. The van der Waals surface area contributed by atoms with E-state index in [1.807, 2.05) is 13.0 Å². The minimum absolute atomic E-state index is 0.338. The highest BCUT2D eigenvalue weighted by atomic mass is 14.5. The van der Waals surface area contributed by atoms with Crippen LogP contribution in [0.1, 0.15) is 38.3 Å². The highest BCUT2D eigenvalue weighted by Gasteiger charge is 2.46. The van der Waals surface area contributed by atoms with E-state index in [4.69, 9.17) is 0 Å². The maximum Gasteiger partial charge on any atom is 0.0710 e. The Bertz CT molecular complexity index is 902. The first-order valence-electron chi connectivity index (χ1n) is 9.74. The van der Waals surface area contributed by atoms with Crippen LogP contribution in [0.2, 0.25) is 0 Å². The van der Waals surface area contributed by atoms with E-state index in [1.54, 1.807) is 0 Å². The van der Waals surface area contributed by atoms with E-state index in [9.17, 15) is 0 Å². The Morgan fingerprint density at radius 2 is 1.52 bits per heavy atom. The topological polar surface area (TPSA) is 0 Å². The zero-order chi connectivity index (χ0) is 19.3. The van der Waals surface area contributed by atoms with Gasteiger partial charge >= 0.3 is 0 Å². The van der Waals surface area contributed by atoms with Crippen molar-refractivity contribution in [2.75, 3.05) is 0 Å². The number of allylic oxidation sites excluding steroid dienone is 9. The van der Waals surface area contributed by atoms with Crippen LogP contribution < -0.4 is 0 Å². The van der Waals surface area contributed by atoms with E-state index in [1.165, 1.54) is 33.4 Å². The van der Waals surface area contributed by atoms with Crippen LogP contribution in [0.5, 0.6) is 0 Å². The van der Waals surface area contributed by atoms with E-state index in [-0.39, 0.29) is 5.41 Å². The first-order valence-corrected chi connectivity index (χ1v) is 9.74. The van der Waals surface area contributed by atoms with Gasteiger partial charge in [0.15, 0.2) is 0 Å². The maximum absolute atomic E-state index is 4.19. The summed E-state index contributed by atoms with van der Waals surface area (Å²) in [6.45, 7) is 10.6. The Balaban J connectivity index is 2.48. The minimum Gasteiger partial charge on any atom is -0.0987 e. The van der Waals surface area contributed by atoms with Gasteiger partial charge in [0.1, 0.15) is 0 Å². The van der Waals surface area contributed by atoms with E-state index in [0.717, 1.165) is 6.42 Å². The summed E-state index contributed by atoms with van der Waals surface area (Å²) in [5, 5.41) is 0. The molecule has 1 aliphatic rings. The van der Waals surface area contributed by atoms with E-state index >= 15 is 0 Å². The lowest BCUT2D eigenvalue weighted by Gasteiger charge is -2.35. The van der Waals surface area contributed by atoms with Gasteiger partial charge in [0.05, 0.1) is 5.41 Å². The highest BCUT2D eigenvalue weighted by molar-refractivity contribution is 5.87. The molecular formula is C27H28. The molecule has 0 atom stereocenters. The van der Waals surface area contributed by atoms with Gasteiger partial charge in [-0.15, -0.1) is 0 Å². The normalized spacial score (nSPS) is 16.0. The molecule has 1 aliphatic carbocycles. The molecular weight excluding hydrogens is 324 g/mol. The van der Waals surface area contributed by atoms with E-state index in [2.05, 4.69) is 105 Å². The van der Waals surface area contributed by atoms with Crippen molar-refractivity contribution in [2.45, 2.75) is 32.6 Å². The monoisotopic (exact) mass is 352 g/mol. The third-order valence-electron chi connectivity index (χ3n) is 5.35. The molecule has 0 amide bonds. The van der Waals surface area contributed by atoms with Gasteiger partial charge in [-0.05, 0) is 53.7 Å². The van der Waals surface area contributed by atoms with Crippen molar-refractivity contribution in [1.29, 1.82) is 0 Å². The lowest BCUT2D eigenvalue weighted by molar-refractivity contribution is 0.763. The lowest BCUT2D eigenvalue weighted by atomic mass is 9.66. The maximum atomic E-state index is 4.19. The fraction of sp³-hybridized carbons (Fsp3) is 0.185. The molecule has 0 fully saturated rings. The predicted octanol–water partition coefficient (Wildman–Crippen LogP) is 7.55. The lowest BCUT2D eigenvalue weighted by Crippen LogP contribution is -2.29. The molecule has 0 spiro atoms. The number of benzene rings is 2. The Kier molecular flexibility index (Phi) is 5.76. The molecule has 27 heavy (non-hydrogen) atoms. The van der Waals surface area contributed by atoms with Crippen LogP contribution >= 0.6 is 0 Å². The molecule has 0 heteroatoms. The van der Waals surface area contributed by atoms with Crippen LogP contribution in [0.25, 0.3) is 11.1 Å². The molecule has 0 bridgehead atoms.